The lowest BCUT2D eigenvalue weighted by Crippen LogP contribution is -1.97. The quantitative estimate of drug-likeness (QED) is 0.160. The van der Waals surface area contributed by atoms with Crippen LogP contribution in [0.3, 0.4) is 0 Å². The van der Waals surface area contributed by atoms with Gasteiger partial charge in [-0.25, -0.2) is 9.97 Å². The van der Waals surface area contributed by atoms with Crippen LogP contribution in [-0.4, -0.2) is 19.9 Å². The molecule has 0 saturated carbocycles. The summed E-state index contributed by atoms with van der Waals surface area (Å²) >= 11 is 0. The Balaban J connectivity index is 1.18. The summed E-state index contributed by atoms with van der Waals surface area (Å²) in [5.74, 6) is 0.623. The number of para-hydroxylation sites is 1. The molecule has 4 aromatic heterocycles. The number of nitrogens with zero attached hydrogens (tertiary/aromatic N) is 4. The van der Waals surface area contributed by atoms with Gasteiger partial charge in [-0.3, -0.25) is 9.97 Å². The molecule has 5 heteroatoms. The first-order valence-corrected chi connectivity index (χ1v) is 19.0. The van der Waals surface area contributed by atoms with E-state index >= 15 is 0 Å². The Hall–Kier alpha value is -7.76. The zero-order chi connectivity index (χ0) is 37.7. The Kier molecular flexibility index (Phi) is 7.74. The van der Waals surface area contributed by atoms with Gasteiger partial charge in [0.15, 0.2) is 11.4 Å². The first-order chi connectivity index (χ1) is 28.2. The van der Waals surface area contributed by atoms with E-state index in [4.69, 9.17) is 19.4 Å². The van der Waals surface area contributed by atoms with Crippen LogP contribution >= 0.6 is 0 Å². The normalized spacial score (nSPS) is 11.5. The standard InChI is InChI=1S/C52H32N4O/c1-2-13-33(14-3-1)47-32-48(36-17-12-16-35(27-36)46-22-10-11-25-53-46)56-52(55-47)39-29-37(41-24-26-54-50-44-21-8-9-23-49(44)57-51(41)50)28-38(30-39)45-31-34-15-4-5-18-40(34)42-19-6-7-20-43(42)45/h1-32H. The summed E-state index contributed by atoms with van der Waals surface area (Å²) in [6.45, 7) is 0. The van der Waals surface area contributed by atoms with Gasteiger partial charge in [0.05, 0.1) is 17.1 Å². The van der Waals surface area contributed by atoms with Crippen LogP contribution in [0.25, 0.3) is 111 Å². The van der Waals surface area contributed by atoms with Gasteiger partial charge in [-0.05, 0) is 105 Å². The van der Waals surface area contributed by atoms with Crippen LogP contribution in [0.15, 0.2) is 199 Å². The molecular weight excluding hydrogens is 697 g/mol. The fraction of sp³-hybridized carbons (Fsp3) is 0. The second kappa shape index (κ2) is 13.5. The molecule has 0 atom stereocenters. The summed E-state index contributed by atoms with van der Waals surface area (Å²) in [5, 5.41) is 5.78. The third kappa shape index (κ3) is 5.81. The zero-order valence-corrected chi connectivity index (χ0v) is 30.7. The Labute approximate surface area is 328 Å². The third-order valence-electron chi connectivity index (χ3n) is 10.8. The number of aromatic nitrogens is 4. The van der Waals surface area contributed by atoms with Crippen molar-refractivity contribution in [2.45, 2.75) is 0 Å². The second-order valence-electron chi connectivity index (χ2n) is 14.2. The predicted molar refractivity (Wildman–Crippen MR) is 233 cm³/mol. The molecule has 0 spiro atoms. The molecule has 0 aliphatic heterocycles. The lowest BCUT2D eigenvalue weighted by Gasteiger charge is -2.15. The highest BCUT2D eigenvalue weighted by molar-refractivity contribution is 6.14. The number of benzene rings is 7. The largest absolute Gasteiger partial charge is 0.454 e. The molecule has 0 N–H and O–H groups in total. The maximum atomic E-state index is 6.56. The van der Waals surface area contributed by atoms with Gasteiger partial charge in [-0.1, -0.05) is 115 Å². The Morgan fingerprint density at radius 1 is 0.351 bits per heavy atom. The van der Waals surface area contributed by atoms with Crippen LogP contribution in [0.1, 0.15) is 0 Å². The van der Waals surface area contributed by atoms with Crippen molar-refractivity contribution in [2.75, 3.05) is 0 Å². The molecule has 0 amide bonds. The molecule has 0 aliphatic carbocycles. The van der Waals surface area contributed by atoms with Crippen molar-refractivity contribution >= 4 is 43.6 Å². The maximum absolute atomic E-state index is 6.56. The minimum absolute atomic E-state index is 0.623. The SMILES string of the molecule is c1ccc(-c2cc(-c3cccc(-c4ccccn4)c3)nc(-c3cc(-c4cc5ccccc5c5ccccc45)cc(-c4ccnc5c4oc4ccccc45)c3)n2)cc1. The zero-order valence-electron chi connectivity index (χ0n) is 30.7. The molecule has 0 aliphatic rings. The minimum atomic E-state index is 0.623. The molecule has 11 aromatic rings. The highest BCUT2D eigenvalue weighted by Gasteiger charge is 2.19. The maximum Gasteiger partial charge on any atom is 0.161 e. The van der Waals surface area contributed by atoms with E-state index in [1.807, 2.05) is 73.1 Å². The monoisotopic (exact) mass is 728 g/mol. The van der Waals surface area contributed by atoms with E-state index < -0.39 is 0 Å². The summed E-state index contributed by atoms with van der Waals surface area (Å²) in [4.78, 5) is 20.1. The molecule has 266 valence electrons. The average molecular weight is 729 g/mol. The predicted octanol–water partition coefficient (Wildman–Crippen LogP) is 13.5. The van der Waals surface area contributed by atoms with Crippen LogP contribution in [0.4, 0.5) is 0 Å². The van der Waals surface area contributed by atoms with Gasteiger partial charge in [0.1, 0.15) is 11.1 Å². The van der Waals surface area contributed by atoms with Crippen LogP contribution in [0.5, 0.6) is 0 Å². The van der Waals surface area contributed by atoms with Crippen molar-refractivity contribution in [3.8, 4) is 67.4 Å². The Morgan fingerprint density at radius 2 is 0.982 bits per heavy atom. The van der Waals surface area contributed by atoms with Crippen LogP contribution in [0, 0.1) is 0 Å². The minimum Gasteiger partial charge on any atom is -0.454 e. The van der Waals surface area contributed by atoms with Crippen LogP contribution in [-0.2, 0) is 0 Å². The van der Waals surface area contributed by atoms with Gasteiger partial charge < -0.3 is 4.42 Å². The molecule has 0 fully saturated rings. The number of rotatable bonds is 6. The Bertz CT molecular complexity index is 3300. The average Bonchev–Trinajstić information content (AvgIpc) is 3.68. The van der Waals surface area contributed by atoms with E-state index in [0.717, 1.165) is 83.7 Å². The number of hydrogen-bond donors (Lipinski definition) is 0. The van der Waals surface area contributed by atoms with Gasteiger partial charge in [-0.2, -0.15) is 0 Å². The molecule has 4 heterocycles. The van der Waals surface area contributed by atoms with Gasteiger partial charge in [-0.15, -0.1) is 0 Å². The van der Waals surface area contributed by atoms with E-state index in [2.05, 4.69) is 126 Å². The van der Waals surface area contributed by atoms with Crippen molar-refractivity contribution in [3.63, 3.8) is 0 Å². The van der Waals surface area contributed by atoms with Crippen LogP contribution in [0.2, 0.25) is 0 Å². The van der Waals surface area contributed by atoms with Crippen molar-refractivity contribution in [3.05, 3.63) is 194 Å². The topological polar surface area (TPSA) is 64.7 Å². The van der Waals surface area contributed by atoms with Crippen molar-refractivity contribution in [2.24, 2.45) is 0 Å². The van der Waals surface area contributed by atoms with Crippen molar-refractivity contribution in [1.82, 2.24) is 19.9 Å². The molecule has 0 unspecified atom stereocenters. The number of fused-ring (bicyclic) bond motifs is 6. The highest BCUT2D eigenvalue weighted by Crippen LogP contribution is 2.41. The number of pyridine rings is 2. The smallest absolute Gasteiger partial charge is 0.161 e. The van der Waals surface area contributed by atoms with Gasteiger partial charge in [0.2, 0.25) is 0 Å². The molecule has 0 radical (unpaired) electrons. The van der Waals surface area contributed by atoms with Crippen molar-refractivity contribution in [1.29, 1.82) is 0 Å². The summed E-state index contributed by atoms with van der Waals surface area (Å²) in [6.07, 6.45) is 3.69. The van der Waals surface area contributed by atoms with Gasteiger partial charge in [0.25, 0.3) is 0 Å². The van der Waals surface area contributed by atoms with E-state index in [1.54, 1.807) is 0 Å². The van der Waals surface area contributed by atoms with E-state index in [-0.39, 0.29) is 0 Å². The lowest BCUT2D eigenvalue weighted by molar-refractivity contribution is 0.669. The summed E-state index contributed by atoms with van der Waals surface area (Å²) in [7, 11) is 0. The summed E-state index contributed by atoms with van der Waals surface area (Å²) in [6, 6.07) is 63.1. The highest BCUT2D eigenvalue weighted by atomic mass is 16.3. The molecule has 11 rings (SSSR count). The first-order valence-electron chi connectivity index (χ1n) is 19.0. The van der Waals surface area contributed by atoms with Crippen LogP contribution < -0.4 is 0 Å². The van der Waals surface area contributed by atoms with Crippen molar-refractivity contribution < 1.29 is 4.42 Å². The molecule has 57 heavy (non-hydrogen) atoms. The number of furan rings is 1. The van der Waals surface area contributed by atoms with Gasteiger partial charge in [0, 0.05) is 45.6 Å². The van der Waals surface area contributed by atoms with E-state index in [1.165, 1.54) is 21.5 Å². The molecular formula is C52H32N4O. The molecule has 7 aromatic carbocycles. The fourth-order valence-corrected chi connectivity index (χ4v) is 8.05. The molecule has 0 saturated heterocycles. The first kappa shape index (κ1) is 32.7. The third-order valence-corrected chi connectivity index (χ3v) is 10.8. The summed E-state index contributed by atoms with van der Waals surface area (Å²) in [5.41, 5.74) is 13.0. The van der Waals surface area contributed by atoms with E-state index in [9.17, 15) is 0 Å². The Morgan fingerprint density at radius 3 is 1.81 bits per heavy atom. The second-order valence-corrected chi connectivity index (χ2v) is 14.2. The fourth-order valence-electron chi connectivity index (χ4n) is 8.05. The number of hydrogen-bond acceptors (Lipinski definition) is 5. The van der Waals surface area contributed by atoms with E-state index in [0.29, 0.717) is 5.82 Å². The molecule has 5 nitrogen and oxygen atoms in total. The summed E-state index contributed by atoms with van der Waals surface area (Å²) < 4.78 is 6.56. The lowest BCUT2D eigenvalue weighted by atomic mass is 9.90. The molecule has 0 bridgehead atoms. The van der Waals surface area contributed by atoms with Gasteiger partial charge >= 0.3 is 0 Å².